The zero-order valence-electron chi connectivity index (χ0n) is 18.1. The molecular weight excluding hydrogens is 447 g/mol. The van der Waals surface area contributed by atoms with E-state index in [2.05, 4.69) is 41.2 Å². The molecule has 0 fully saturated rings. The Bertz CT molecular complexity index is 1200. The molecule has 4 rings (SSSR count). The highest BCUT2D eigenvalue weighted by Gasteiger charge is 2.33. The molecule has 0 radical (unpaired) electrons. The molecule has 3 aromatic rings. The second-order valence-corrected chi connectivity index (χ2v) is 8.34. The molecule has 1 aromatic heterocycles. The van der Waals surface area contributed by atoms with Gasteiger partial charge in [0.2, 0.25) is 11.9 Å². The van der Waals surface area contributed by atoms with Crippen molar-refractivity contribution in [3.8, 4) is 11.4 Å². The van der Waals surface area contributed by atoms with E-state index in [1.165, 1.54) is 0 Å². The first-order chi connectivity index (χ1) is 15.3. The largest absolute Gasteiger partial charge is 0.372 e. The molecule has 0 bridgehead atoms. The van der Waals surface area contributed by atoms with Gasteiger partial charge in [-0.1, -0.05) is 29.3 Å². The highest BCUT2D eigenvalue weighted by molar-refractivity contribution is 6.42. The molecule has 7 nitrogen and oxygen atoms in total. The fraction of sp³-hybridized carbons (Fsp3) is 0.261. The molecule has 166 valence electrons. The van der Waals surface area contributed by atoms with Gasteiger partial charge < -0.3 is 16.0 Å². The van der Waals surface area contributed by atoms with Gasteiger partial charge in [0.1, 0.15) is 6.04 Å². The van der Waals surface area contributed by atoms with Gasteiger partial charge in [0, 0.05) is 30.0 Å². The Morgan fingerprint density at radius 2 is 1.81 bits per heavy atom. The number of aromatic nitrogens is 3. The normalized spacial score (nSPS) is 15.3. The Hall–Kier alpha value is -3.03. The highest BCUT2D eigenvalue weighted by Crippen LogP contribution is 2.38. The number of primary amides is 1. The van der Waals surface area contributed by atoms with Crippen molar-refractivity contribution in [2.45, 2.75) is 26.8 Å². The first-order valence-corrected chi connectivity index (χ1v) is 11.1. The van der Waals surface area contributed by atoms with E-state index in [0.717, 1.165) is 29.9 Å². The molecule has 0 aliphatic carbocycles. The van der Waals surface area contributed by atoms with Crippen molar-refractivity contribution in [1.29, 1.82) is 0 Å². The van der Waals surface area contributed by atoms with Crippen molar-refractivity contribution < 1.29 is 4.79 Å². The number of carbonyl (C=O) groups excluding carboxylic acids is 1. The first-order valence-electron chi connectivity index (χ1n) is 10.4. The van der Waals surface area contributed by atoms with E-state index in [4.69, 9.17) is 34.0 Å². The third-order valence-corrected chi connectivity index (χ3v) is 6.37. The van der Waals surface area contributed by atoms with Gasteiger partial charge in [-0.25, -0.2) is 4.68 Å². The van der Waals surface area contributed by atoms with E-state index < -0.39 is 11.9 Å². The van der Waals surface area contributed by atoms with E-state index in [9.17, 15) is 4.79 Å². The average Bonchev–Trinajstić information content (AvgIpc) is 3.19. The molecular formula is C23H24Cl2N6O. The molecule has 1 unspecified atom stereocenters. The number of benzene rings is 2. The minimum Gasteiger partial charge on any atom is -0.372 e. The second kappa shape index (κ2) is 8.84. The third-order valence-electron chi connectivity index (χ3n) is 5.63. The summed E-state index contributed by atoms with van der Waals surface area (Å²) in [5.41, 5.74) is 9.50. The van der Waals surface area contributed by atoms with Crippen LogP contribution in [-0.4, -0.2) is 33.8 Å². The van der Waals surface area contributed by atoms with Crippen LogP contribution in [0.25, 0.3) is 11.4 Å². The number of amides is 1. The number of anilines is 2. The molecule has 1 amide bonds. The van der Waals surface area contributed by atoms with Gasteiger partial charge in [-0.15, -0.1) is 5.10 Å². The number of halogens is 2. The number of rotatable bonds is 6. The highest BCUT2D eigenvalue weighted by atomic mass is 35.5. The third kappa shape index (κ3) is 3.94. The summed E-state index contributed by atoms with van der Waals surface area (Å²) in [6.45, 7) is 7.92. The average molecular weight is 471 g/mol. The summed E-state index contributed by atoms with van der Waals surface area (Å²) in [6.07, 6.45) is 0. The Labute approximate surface area is 196 Å². The van der Waals surface area contributed by atoms with Crippen LogP contribution < -0.4 is 16.0 Å². The number of fused-ring (bicyclic) bond motifs is 1. The van der Waals surface area contributed by atoms with Gasteiger partial charge in [-0.2, -0.15) is 4.98 Å². The molecule has 0 saturated carbocycles. The standard InChI is InChI=1S/C23H24Cl2N6O/c1-4-30(5-2)16-9-6-14(7-10-16)22-28-23-27-13(3)19(21(26)32)20(31(23)29-22)15-8-11-17(24)18(25)12-15/h6-12,20H,4-5H2,1-3H3,(H2,26,32)(H,27,28,29). The molecule has 32 heavy (non-hydrogen) atoms. The zero-order chi connectivity index (χ0) is 23.0. The van der Waals surface area contributed by atoms with Crippen LogP contribution in [-0.2, 0) is 4.79 Å². The summed E-state index contributed by atoms with van der Waals surface area (Å²) in [7, 11) is 0. The van der Waals surface area contributed by atoms with Crippen LogP contribution in [0.15, 0.2) is 53.7 Å². The molecule has 2 heterocycles. The number of allylic oxidation sites excluding steroid dienone is 1. The number of carbonyl (C=O) groups is 1. The van der Waals surface area contributed by atoms with Crippen molar-refractivity contribution in [3.05, 3.63) is 69.3 Å². The van der Waals surface area contributed by atoms with Crippen molar-refractivity contribution in [2.24, 2.45) is 5.73 Å². The van der Waals surface area contributed by atoms with Gasteiger partial charge in [0.05, 0.1) is 15.6 Å². The molecule has 3 N–H and O–H groups in total. The van der Waals surface area contributed by atoms with Gasteiger partial charge in [-0.3, -0.25) is 4.79 Å². The maximum absolute atomic E-state index is 12.3. The second-order valence-electron chi connectivity index (χ2n) is 7.53. The van der Waals surface area contributed by atoms with E-state index in [1.807, 2.05) is 18.2 Å². The minimum absolute atomic E-state index is 0.387. The lowest BCUT2D eigenvalue weighted by molar-refractivity contribution is -0.115. The van der Waals surface area contributed by atoms with Crippen molar-refractivity contribution >= 4 is 40.7 Å². The fourth-order valence-electron chi connectivity index (χ4n) is 3.99. The monoisotopic (exact) mass is 470 g/mol. The van der Waals surface area contributed by atoms with Gasteiger partial charge in [-0.05, 0) is 62.7 Å². The van der Waals surface area contributed by atoms with Crippen LogP contribution in [0.3, 0.4) is 0 Å². The molecule has 9 heteroatoms. The van der Waals surface area contributed by atoms with E-state index in [0.29, 0.717) is 33.1 Å². The lowest BCUT2D eigenvalue weighted by atomic mass is 9.95. The Kier molecular flexibility index (Phi) is 6.13. The molecule has 1 atom stereocenters. The topological polar surface area (TPSA) is 89.1 Å². The lowest BCUT2D eigenvalue weighted by Gasteiger charge is -2.27. The quantitative estimate of drug-likeness (QED) is 0.536. The number of nitrogens with one attached hydrogen (secondary N) is 1. The molecule has 2 aromatic carbocycles. The predicted molar refractivity (Wildman–Crippen MR) is 129 cm³/mol. The number of nitrogens with two attached hydrogens (primary N) is 1. The fourth-order valence-corrected chi connectivity index (χ4v) is 4.30. The number of nitrogens with zero attached hydrogens (tertiary/aromatic N) is 4. The Morgan fingerprint density at radius 1 is 1.12 bits per heavy atom. The molecule has 1 aliphatic heterocycles. The SMILES string of the molecule is CCN(CC)c1ccc(-c2nc3n(n2)C(c2ccc(Cl)c(Cl)c2)C(C(N)=O)=C(C)N3)cc1. The summed E-state index contributed by atoms with van der Waals surface area (Å²) in [5, 5.41) is 8.70. The van der Waals surface area contributed by atoms with Crippen LogP contribution in [0.1, 0.15) is 32.4 Å². The maximum Gasteiger partial charge on any atom is 0.248 e. The van der Waals surface area contributed by atoms with E-state index in [1.54, 1.807) is 23.7 Å². The van der Waals surface area contributed by atoms with Crippen LogP contribution in [0, 0.1) is 0 Å². The zero-order valence-corrected chi connectivity index (χ0v) is 19.6. The molecule has 1 aliphatic rings. The predicted octanol–water partition coefficient (Wildman–Crippen LogP) is 4.87. The van der Waals surface area contributed by atoms with Crippen molar-refractivity contribution in [1.82, 2.24) is 14.8 Å². The summed E-state index contributed by atoms with van der Waals surface area (Å²) < 4.78 is 1.67. The van der Waals surface area contributed by atoms with Gasteiger partial charge in [0.15, 0.2) is 5.82 Å². The number of hydrogen-bond donors (Lipinski definition) is 2. The van der Waals surface area contributed by atoms with Gasteiger partial charge >= 0.3 is 0 Å². The Balaban J connectivity index is 1.78. The van der Waals surface area contributed by atoms with Crippen molar-refractivity contribution in [2.75, 3.05) is 23.3 Å². The minimum atomic E-state index is -0.574. The van der Waals surface area contributed by atoms with Crippen LogP contribution in [0.2, 0.25) is 10.0 Å². The van der Waals surface area contributed by atoms with Crippen molar-refractivity contribution in [3.63, 3.8) is 0 Å². The maximum atomic E-state index is 12.3. The summed E-state index contributed by atoms with van der Waals surface area (Å²) >= 11 is 12.4. The van der Waals surface area contributed by atoms with Crippen LogP contribution >= 0.6 is 23.2 Å². The van der Waals surface area contributed by atoms with Crippen LogP contribution in [0.4, 0.5) is 11.6 Å². The van der Waals surface area contributed by atoms with E-state index >= 15 is 0 Å². The lowest BCUT2D eigenvalue weighted by Crippen LogP contribution is -2.31. The smallest absolute Gasteiger partial charge is 0.248 e. The molecule has 0 saturated heterocycles. The summed E-state index contributed by atoms with van der Waals surface area (Å²) in [5.74, 6) is 0.519. The van der Waals surface area contributed by atoms with E-state index in [-0.39, 0.29) is 0 Å². The molecule has 0 spiro atoms. The van der Waals surface area contributed by atoms with Crippen LogP contribution in [0.5, 0.6) is 0 Å². The number of hydrogen-bond acceptors (Lipinski definition) is 5. The summed E-state index contributed by atoms with van der Waals surface area (Å²) in [4.78, 5) is 19.3. The van der Waals surface area contributed by atoms with Gasteiger partial charge in [0.25, 0.3) is 0 Å². The first kappa shape index (κ1) is 22.2. The Morgan fingerprint density at radius 3 is 2.41 bits per heavy atom. The summed E-state index contributed by atoms with van der Waals surface area (Å²) in [6, 6.07) is 12.8.